The number of carbonyl (C=O) groups is 2. The smallest absolute Gasteiger partial charge is 0.247 e. The molecule has 0 saturated heterocycles. The highest BCUT2D eigenvalue weighted by Crippen LogP contribution is 2.36. The highest BCUT2D eigenvalue weighted by Gasteiger charge is 2.52. The normalized spacial score (nSPS) is 18.2. The van der Waals surface area contributed by atoms with Crippen LogP contribution in [0, 0.1) is 11.8 Å². The quantitative estimate of drug-likeness (QED) is 0.608. The third kappa shape index (κ3) is 4.90. The summed E-state index contributed by atoms with van der Waals surface area (Å²) in [5.74, 6) is 4.98. The Morgan fingerprint density at radius 3 is 2.50 bits per heavy atom. The molecule has 0 saturated carbocycles. The van der Waals surface area contributed by atoms with E-state index in [0.29, 0.717) is 12.1 Å². The molecule has 0 bridgehead atoms. The van der Waals surface area contributed by atoms with Gasteiger partial charge >= 0.3 is 0 Å². The maximum absolute atomic E-state index is 12.5. The van der Waals surface area contributed by atoms with Crippen LogP contribution in [0.1, 0.15) is 40.2 Å². The number of ether oxygens (including phenoxy) is 1. The van der Waals surface area contributed by atoms with Crippen LogP contribution in [0.5, 0.6) is 0 Å². The van der Waals surface area contributed by atoms with Crippen molar-refractivity contribution in [1.29, 1.82) is 0 Å². The van der Waals surface area contributed by atoms with E-state index in [-0.39, 0.29) is 24.3 Å². The van der Waals surface area contributed by atoms with Crippen molar-refractivity contribution in [2.24, 2.45) is 0 Å². The van der Waals surface area contributed by atoms with Gasteiger partial charge in [-0.25, -0.2) is 0 Å². The van der Waals surface area contributed by atoms with Crippen LogP contribution in [0.3, 0.4) is 0 Å². The van der Waals surface area contributed by atoms with Crippen LogP contribution in [-0.4, -0.2) is 39.9 Å². The Balaban J connectivity index is 2.21. The molecule has 148 valence electrons. The minimum Gasteiger partial charge on any atom is -0.490 e. The van der Waals surface area contributed by atoms with Crippen LogP contribution in [-0.2, 0) is 20.9 Å². The number of Topliss-reactive ketones (excluding diaryl/α,β-unsaturated/α-hetero) is 1. The second kappa shape index (κ2) is 8.90. The zero-order valence-corrected chi connectivity index (χ0v) is 17.1. The molecule has 0 aromatic heterocycles. The van der Waals surface area contributed by atoms with Crippen molar-refractivity contribution in [2.45, 2.75) is 52.9 Å². The van der Waals surface area contributed by atoms with Gasteiger partial charge in [-0.05, 0) is 46.1 Å². The Hall–Kier alpha value is -2.84. The topological polar surface area (TPSA) is 66.8 Å². The first-order valence-corrected chi connectivity index (χ1v) is 9.28. The van der Waals surface area contributed by atoms with Gasteiger partial charge < -0.3 is 14.7 Å². The highest BCUT2D eigenvalue weighted by molar-refractivity contribution is 6.13. The Bertz CT molecular complexity index is 867. The number of hydrogen-bond acceptors (Lipinski definition) is 4. The van der Waals surface area contributed by atoms with E-state index in [9.17, 15) is 14.7 Å². The summed E-state index contributed by atoms with van der Waals surface area (Å²) >= 11 is 0. The predicted molar refractivity (Wildman–Crippen MR) is 108 cm³/mol. The van der Waals surface area contributed by atoms with Crippen LogP contribution >= 0.6 is 0 Å². The third-order valence-corrected chi connectivity index (χ3v) is 4.17. The number of aliphatic hydroxyl groups is 1. The van der Waals surface area contributed by atoms with E-state index in [1.54, 1.807) is 17.9 Å². The number of benzene rings is 1. The maximum Gasteiger partial charge on any atom is 0.247 e. The largest absolute Gasteiger partial charge is 0.490 e. The molecular weight excluding hydrogens is 354 g/mol. The second-order valence-electron chi connectivity index (χ2n) is 7.36. The van der Waals surface area contributed by atoms with E-state index in [1.165, 1.54) is 0 Å². The van der Waals surface area contributed by atoms with E-state index in [4.69, 9.17) is 4.74 Å². The molecule has 1 aromatic carbocycles. The molecule has 1 aliphatic carbocycles. The van der Waals surface area contributed by atoms with Gasteiger partial charge in [-0.1, -0.05) is 41.8 Å². The van der Waals surface area contributed by atoms with Crippen LogP contribution in [0.2, 0.25) is 0 Å². The molecule has 1 aromatic rings. The summed E-state index contributed by atoms with van der Waals surface area (Å²) in [5, 5.41) is 10.6. The SMILES string of the molecule is CC(C)=CC(=O)N(CC#CC1(O)C(=O)C(C)=C1OC(C)C)Cc1ccccc1. The first kappa shape index (κ1) is 21.5. The van der Waals surface area contributed by atoms with Gasteiger partial charge in [-0.2, -0.15) is 0 Å². The molecule has 2 rings (SSSR count). The second-order valence-corrected chi connectivity index (χ2v) is 7.36. The molecule has 1 aliphatic rings. The summed E-state index contributed by atoms with van der Waals surface area (Å²) in [6, 6.07) is 9.58. The summed E-state index contributed by atoms with van der Waals surface area (Å²) in [6.07, 6.45) is 1.37. The molecule has 0 spiro atoms. The summed E-state index contributed by atoms with van der Waals surface area (Å²) in [7, 11) is 0. The highest BCUT2D eigenvalue weighted by atomic mass is 16.5. The van der Waals surface area contributed by atoms with E-state index >= 15 is 0 Å². The lowest BCUT2D eigenvalue weighted by Gasteiger charge is -2.35. The van der Waals surface area contributed by atoms with E-state index in [2.05, 4.69) is 11.8 Å². The average molecular weight is 381 g/mol. The lowest BCUT2D eigenvalue weighted by atomic mass is 9.79. The predicted octanol–water partition coefficient (Wildman–Crippen LogP) is 3.00. The molecule has 0 radical (unpaired) electrons. The van der Waals surface area contributed by atoms with E-state index < -0.39 is 11.4 Å². The van der Waals surface area contributed by atoms with Gasteiger partial charge in [0.15, 0.2) is 5.76 Å². The molecule has 1 N–H and O–H groups in total. The van der Waals surface area contributed by atoms with Gasteiger partial charge in [0, 0.05) is 18.2 Å². The van der Waals surface area contributed by atoms with Gasteiger partial charge in [0.25, 0.3) is 0 Å². The van der Waals surface area contributed by atoms with Gasteiger partial charge in [0.05, 0.1) is 12.6 Å². The molecule has 5 nitrogen and oxygen atoms in total. The maximum atomic E-state index is 12.5. The van der Waals surface area contributed by atoms with Gasteiger partial charge in [0.1, 0.15) is 0 Å². The van der Waals surface area contributed by atoms with Gasteiger partial charge in [-0.15, -0.1) is 0 Å². The van der Waals surface area contributed by atoms with Gasteiger partial charge in [0.2, 0.25) is 17.3 Å². The Kier molecular flexibility index (Phi) is 6.82. The fourth-order valence-corrected chi connectivity index (χ4v) is 2.83. The summed E-state index contributed by atoms with van der Waals surface area (Å²) < 4.78 is 5.55. The molecule has 1 atom stereocenters. The van der Waals surface area contributed by atoms with Crippen molar-refractivity contribution in [3.05, 3.63) is 58.9 Å². The zero-order chi connectivity index (χ0) is 20.9. The Morgan fingerprint density at radius 1 is 1.29 bits per heavy atom. The summed E-state index contributed by atoms with van der Waals surface area (Å²) in [5.41, 5.74) is 0.312. The molecular formula is C23H27NO4. The molecule has 1 amide bonds. The number of amides is 1. The first-order valence-electron chi connectivity index (χ1n) is 9.28. The van der Waals surface area contributed by atoms with Crippen molar-refractivity contribution in [3.8, 4) is 11.8 Å². The molecule has 28 heavy (non-hydrogen) atoms. The van der Waals surface area contributed by atoms with Crippen LogP contribution in [0.4, 0.5) is 0 Å². The summed E-state index contributed by atoms with van der Waals surface area (Å²) in [4.78, 5) is 26.3. The van der Waals surface area contributed by atoms with Crippen molar-refractivity contribution in [2.75, 3.05) is 6.54 Å². The zero-order valence-electron chi connectivity index (χ0n) is 17.1. The standard InChI is InChI=1S/C23H27NO4/c1-16(2)14-20(25)24(15-19-10-7-6-8-11-19)13-9-12-23(27)21(26)18(5)22(23)28-17(3)4/h6-8,10-11,14,17,27H,13,15H2,1-5H3. The van der Waals surface area contributed by atoms with Crippen LogP contribution in [0.15, 0.2) is 53.3 Å². The number of carbonyl (C=O) groups excluding carboxylic acids is 2. The van der Waals surface area contributed by atoms with Crippen LogP contribution < -0.4 is 0 Å². The third-order valence-electron chi connectivity index (χ3n) is 4.17. The Morgan fingerprint density at radius 2 is 1.93 bits per heavy atom. The Labute approximate surface area is 166 Å². The lowest BCUT2D eigenvalue weighted by molar-refractivity contribution is -0.134. The number of rotatable bonds is 6. The van der Waals surface area contributed by atoms with Crippen molar-refractivity contribution in [1.82, 2.24) is 4.90 Å². The molecule has 0 fully saturated rings. The minimum absolute atomic E-state index is 0.0844. The fraction of sp³-hybridized carbons (Fsp3) is 0.391. The number of nitrogens with zero attached hydrogens (tertiary/aromatic N) is 1. The average Bonchev–Trinajstić information content (AvgIpc) is 2.64. The minimum atomic E-state index is -1.92. The van der Waals surface area contributed by atoms with Gasteiger partial charge in [-0.3, -0.25) is 9.59 Å². The molecule has 5 heteroatoms. The van der Waals surface area contributed by atoms with Crippen molar-refractivity contribution >= 4 is 11.7 Å². The summed E-state index contributed by atoms with van der Waals surface area (Å²) in [6.45, 7) is 9.41. The monoisotopic (exact) mass is 381 g/mol. The van der Waals surface area contributed by atoms with E-state index in [1.807, 2.05) is 58.0 Å². The number of allylic oxidation sites excluding steroid dienone is 1. The van der Waals surface area contributed by atoms with Crippen molar-refractivity contribution < 1.29 is 19.4 Å². The number of hydrogen-bond donors (Lipinski definition) is 1. The first-order chi connectivity index (χ1) is 13.1. The fourth-order valence-electron chi connectivity index (χ4n) is 2.83. The molecule has 0 heterocycles. The molecule has 1 unspecified atom stereocenters. The number of ketones is 1. The molecule has 0 aliphatic heterocycles. The van der Waals surface area contributed by atoms with E-state index in [0.717, 1.165) is 11.1 Å². The lowest BCUT2D eigenvalue weighted by Crippen LogP contribution is -2.50. The van der Waals surface area contributed by atoms with Crippen molar-refractivity contribution in [3.63, 3.8) is 0 Å². The van der Waals surface area contributed by atoms with Crippen LogP contribution in [0.25, 0.3) is 0 Å².